The van der Waals surface area contributed by atoms with Crippen LogP contribution >= 0.6 is 0 Å². The number of carbonyl (C=O) groups excluding carboxylic acids is 2. The highest BCUT2D eigenvalue weighted by Crippen LogP contribution is 2.40. The van der Waals surface area contributed by atoms with Crippen LogP contribution < -0.4 is 5.56 Å². The van der Waals surface area contributed by atoms with Gasteiger partial charge in [-0.25, -0.2) is 9.49 Å². The van der Waals surface area contributed by atoms with Gasteiger partial charge in [-0.05, 0) is 36.6 Å². The molecule has 2 amide bonds. The third-order valence-electron chi connectivity index (χ3n) is 5.72. The molecule has 2 aliphatic heterocycles. The smallest absolute Gasteiger partial charge is 0.274 e. The Labute approximate surface area is 161 Å². The lowest BCUT2D eigenvalue weighted by molar-refractivity contribution is -0.133. The summed E-state index contributed by atoms with van der Waals surface area (Å²) >= 11 is 0. The number of nitrogens with one attached hydrogen (secondary N) is 1. The molecule has 0 radical (unpaired) electrons. The van der Waals surface area contributed by atoms with E-state index in [1.807, 2.05) is 4.90 Å². The number of carbonyl (C=O) groups is 2. The van der Waals surface area contributed by atoms with Crippen LogP contribution in [-0.4, -0.2) is 57.0 Å². The summed E-state index contributed by atoms with van der Waals surface area (Å²) in [5.41, 5.74) is 0.688. The van der Waals surface area contributed by atoms with Crippen molar-refractivity contribution >= 4 is 11.8 Å². The molecule has 4 rings (SSSR count). The molecule has 1 aromatic heterocycles. The molecule has 2 fully saturated rings. The molecule has 1 N–H and O–H groups in total. The van der Waals surface area contributed by atoms with Gasteiger partial charge in [0.2, 0.25) is 5.91 Å². The van der Waals surface area contributed by atoms with E-state index >= 15 is 0 Å². The Balaban J connectivity index is 1.71. The summed E-state index contributed by atoms with van der Waals surface area (Å²) < 4.78 is 13.4. The van der Waals surface area contributed by atoms with E-state index in [-0.39, 0.29) is 46.9 Å². The number of rotatable bonds is 2. The quantitative estimate of drug-likeness (QED) is 0.851. The lowest BCUT2D eigenvalue weighted by Crippen LogP contribution is -2.53. The molecule has 3 heterocycles. The van der Waals surface area contributed by atoms with Crippen molar-refractivity contribution in [3.05, 3.63) is 63.8 Å². The molecule has 1 aromatic carbocycles. The Morgan fingerprint density at radius 3 is 2.54 bits per heavy atom. The van der Waals surface area contributed by atoms with Crippen LogP contribution in [0.4, 0.5) is 4.39 Å². The van der Waals surface area contributed by atoms with Crippen LogP contribution in [0, 0.1) is 5.82 Å². The summed E-state index contributed by atoms with van der Waals surface area (Å²) in [7, 11) is 0. The van der Waals surface area contributed by atoms with Gasteiger partial charge in [-0.15, -0.1) is 0 Å². The molecular weight excluding hydrogens is 363 g/mol. The second kappa shape index (κ2) is 7.18. The molecular formula is C20H21FN4O3. The Morgan fingerprint density at radius 2 is 1.89 bits per heavy atom. The highest BCUT2D eigenvalue weighted by Gasteiger charge is 2.49. The van der Waals surface area contributed by atoms with Crippen LogP contribution in [0.1, 0.15) is 41.7 Å². The fourth-order valence-corrected chi connectivity index (χ4v) is 4.50. The first-order chi connectivity index (χ1) is 13.5. The van der Waals surface area contributed by atoms with E-state index in [1.54, 1.807) is 17.0 Å². The highest BCUT2D eigenvalue weighted by atomic mass is 19.1. The van der Waals surface area contributed by atoms with Crippen LogP contribution in [0.5, 0.6) is 0 Å². The molecule has 3 atom stereocenters. The molecule has 28 heavy (non-hydrogen) atoms. The van der Waals surface area contributed by atoms with Gasteiger partial charge in [-0.2, -0.15) is 5.10 Å². The molecule has 0 bridgehead atoms. The summed E-state index contributed by atoms with van der Waals surface area (Å²) in [5.74, 6) is -0.739. The van der Waals surface area contributed by atoms with Crippen molar-refractivity contribution in [1.29, 1.82) is 0 Å². The highest BCUT2D eigenvalue weighted by molar-refractivity contribution is 5.93. The van der Waals surface area contributed by atoms with E-state index in [2.05, 4.69) is 10.2 Å². The molecule has 2 saturated heterocycles. The number of hydrogen-bond acceptors (Lipinski definition) is 4. The number of nitrogens with zero attached hydrogens (tertiary/aromatic N) is 3. The van der Waals surface area contributed by atoms with Crippen LogP contribution in [0.15, 0.2) is 41.2 Å². The number of aromatic nitrogens is 2. The lowest BCUT2D eigenvalue weighted by Gasteiger charge is -2.41. The standard InChI is InChI=1S/C20H21FN4O3/c1-12(26)24-10-2-3-17-19(24)15(13-4-6-14(21)7-5-13)11-25(17)20(28)16-8-9-18(27)23-22-16/h4-9,15,17,19H,2-3,10-11H2,1H3,(H,23,27)/t15-,17-,19-/m1/s1. The van der Waals surface area contributed by atoms with Gasteiger partial charge in [-0.1, -0.05) is 12.1 Å². The average Bonchev–Trinajstić information content (AvgIpc) is 3.08. The van der Waals surface area contributed by atoms with Gasteiger partial charge in [0.25, 0.3) is 11.5 Å². The summed E-state index contributed by atoms with van der Waals surface area (Å²) in [6.45, 7) is 2.59. The minimum atomic E-state index is -0.375. The SMILES string of the molecule is CC(=O)N1CCC[C@@H]2[C@H]1[C@@H](c1ccc(F)cc1)CN2C(=O)c1ccc(=O)[nH]n1. The number of halogens is 1. The van der Waals surface area contributed by atoms with Crippen molar-refractivity contribution in [2.24, 2.45) is 0 Å². The Kier molecular flexibility index (Phi) is 4.70. The molecule has 0 aliphatic carbocycles. The minimum Gasteiger partial charge on any atom is -0.337 e. The third-order valence-corrected chi connectivity index (χ3v) is 5.72. The van der Waals surface area contributed by atoms with Gasteiger partial charge in [0, 0.05) is 32.0 Å². The number of piperidine rings is 1. The van der Waals surface area contributed by atoms with E-state index in [1.165, 1.54) is 31.2 Å². The second-order valence-corrected chi connectivity index (χ2v) is 7.33. The largest absolute Gasteiger partial charge is 0.337 e. The zero-order chi connectivity index (χ0) is 19.8. The van der Waals surface area contributed by atoms with Gasteiger partial charge in [-0.3, -0.25) is 14.4 Å². The van der Waals surface area contributed by atoms with Gasteiger partial charge < -0.3 is 9.80 Å². The lowest BCUT2D eigenvalue weighted by atomic mass is 9.86. The van der Waals surface area contributed by atoms with Gasteiger partial charge in [0.1, 0.15) is 11.5 Å². The molecule has 2 aliphatic rings. The van der Waals surface area contributed by atoms with E-state index in [9.17, 15) is 18.8 Å². The summed E-state index contributed by atoms with van der Waals surface area (Å²) in [6, 6.07) is 8.61. The van der Waals surface area contributed by atoms with Crippen molar-refractivity contribution < 1.29 is 14.0 Å². The zero-order valence-corrected chi connectivity index (χ0v) is 15.5. The predicted octanol–water partition coefficient (Wildman–Crippen LogP) is 1.53. The van der Waals surface area contributed by atoms with Gasteiger partial charge in [0.15, 0.2) is 0 Å². The maximum atomic E-state index is 13.4. The molecule has 146 valence electrons. The first-order valence-corrected chi connectivity index (χ1v) is 9.35. The Bertz CT molecular complexity index is 938. The zero-order valence-electron chi connectivity index (χ0n) is 15.5. The van der Waals surface area contributed by atoms with E-state index < -0.39 is 0 Å². The number of aromatic amines is 1. The monoisotopic (exact) mass is 384 g/mol. The van der Waals surface area contributed by atoms with E-state index in [0.29, 0.717) is 13.1 Å². The molecule has 8 heteroatoms. The second-order valence-electron chi connectivity index (χ2n) is 7.33. The Hall–Kier alpha value is -3.03. The summed E-state index contributed by atoms with van der Waals surface area (Å²) in [4.78, 5) is 40.2. The maximum Gasteiger partial charge on any atom is 0.274 e. The van der Waals surface area contributed by atoms with Crippen LogP contribution in [0.25, 0.3) is 0 Å². The van der Waals surface area contributed by atoms with Crippen molar-refractivity contribution in [3.8, 4) is 0 Å². The average molecular weight is 384 g/mol. The first kappa shape index (κ1) is 18.3. The third kappa shape index (κ3) is 3.19. The van der Waals surface area contributed by atoms with Crippen LogP contribution in [-0.2, 0) is 4.79 Å². The summed E-state index contributed by atoms with van der Waals surface area (Å²) in [6.07, 6.45) is 1.58. The number of hydrogen-bond donors (Lipinski definition) is 1. The van der Waals surface area contributed by atoms with Gasteiger partial charge >= 0.3 is 0 Å². The molecule has 2 aromatic rings. The fourth-order valence-electron chi connectivity index (χ4n) is 4.50. The number of amides is 2. The number of H-pyrrole nitrogens is 1. The topological polar surface area (TPSA) is 86.4 Å². The van der Waals surface area contributed by atoms with Crippen molar-refractivity contribution in [3.63, 3.8) is 0 Å². The van der Waals surface area contributed by atoms with Crippen LogP contribution in [0.2, 0.25) is 0 Å². The van der Waals surface area contributed by atoms with Crippen LogP contribution in [0.3, 0.4) is 0 Å². The van der Waals surface area contributed by atoms with Gasteiger partial charge in [0.05, 0.1) is 12.1 Å². The van der Waals surface area contributed by atoms with E-state index in [4.69, 9.17) is 0 Å². The molecule has 0 unspecified atom stereocenters. The summed E-state index contributed by atoms with van der Waals surface area (Å²) in [5, 5.41) is 6.16. The molecule has 0 spiro atoms. The minimum absolute atomic E-state index is 0.0294. The molecule has 7 nitrogen and oxygen atoms in total. The first-order valence-electron chi connectivity index (χ1n) is 9.35. The fraction of sp³-hybridized carbons (Fsp3) is 0.400. The van der Waals surface area contributed by atoms with Crippen molar-refractivity contribution in [2.75, 3.05) is 13.1 Å². The number of fused-ring (bicyclic) bond motifs is 1. The van der Waals surface area contributed by atoms with E-state index in [0.717, 1.165) is 18.4 Å². The Morgan fingerprint density at radius 1 is 1.14 bits per heavy atom. The maximum absolute atomic E-state index is 13.4. The molecule has 0 saturated carbocycles. The predicted molar refractivity (Wildman–Crippen MR) is 99.2 cm³/mol. The normalized spacial score (nSPS) is 24.1. The number of benzene rings is 1. The van der Waals surface area contributed by atoms with Crippen molar-refractivity contribution in [1.82, 2.24) is 20.0 Å². The number of likely N-dealkylation sites (tertiary alicyclic amines) is 2. The van der Waals surface area contributed by atoms with Crippen molar-refractivity contribution in [2.45, 2.75) is 37.8 Å².